The summed E-state index contributed by atoms with van der Waals surface area (Å²) in [6.07, 6.45) is 8.05. The third-order valence-electron chi connectivity index (χ3n) is 3.75. The maximum absolute atomic E-state index is 12.0. The van der Waals surface area contributed by atoms with Crippen molar-refractivity contribution in [1.82, 2.24) is 5.32 Å². The number of aliphatic hydroxyl groups is 1. The number of ether oxygens (including phenoxy) is 2. The number of amides is 1. The zero-order chi connectivity index (χ0) is 14.8. The van der Waals surface area contributed by atoms with Crippen LogP contribution in [0.4, 0.5) is 0 Å². The van der Waals surface area contributed by atoms with Crippen molar-refractivity contribution in [3.8, 4) is 0 Å². The van der Waals surface area contributed by atoms with E-state index < -0.39 is 12.0 Å². The number of carbonyl (C=O) groups is 1. The predicted molar refractivity (Wildman–Crippen MR) is 77.1 cm³/mol. The van der Waals surface area contributed by atoms with Gasteiger partial charge in [0.2, 0.25) is 5.91 Å². The Labute approximate surface area is 122 Å². The molecule has 2 unspecified atom stereocenters. The highest BCUT2D eigenvalue weighted by Crippen LogP contribution is 2.17. The molecule has 5 nitrogen and oxygen atoms in total. The molecule has 1 heterocycles. The molecule has 1 aliphatic heterocycles. The van der Waals surface area contributed by atoms with Gasteiger partial charge in [-0.1, -0.05) is 32.6 Å². The van der Waals surface area contributed by atoms with Crippen molar-refractivity contribution in [1.29, 1.82) is 0 Å². The van der Waals surface area contributed by atoms with Gasteiger partial charge >= 0.3 is 0 Å². The summed E-state index contributed by atoms with van der Waals surface area (Å²) in [7, 11) is 1.41. The fourth-order valence-electron chi connectivity index (χ4n) is 2.40. The van der Waals surface area contributed by atoms with E-state index in [1.54, 1.807) is 0 Å². The first kappa shape index (κ1) is 17.4. The van der Waals surface area contributed by atoms with Gasteiger partial charge in [-0.2, -0.15) is 0 Å². The van der Waals surface area contributed by atoms with Gasteiger partial charge in [0.1, 0.15) is 6.10 Å². The number of nitrogens with one attached hydrogen (secondary N) is 1. The average molecular weight is 287 g/mol. The van der Waals surface area contributed by atoms with Crippen LogP contribution in [0.15, 0.2) is 0 Å². The fourth-order valence-corrected chi connectivity index (χ4v) is 2.40. The molecule has 0 aliphatic carbocycles. The van der Waals surface area contributed by atoms with E-state index in [4.69, 9.17) is 9.47 Å². The topological polar surface area (TPSA) is 67.8 Å². The second kappa shape index (κ2) is 9.32. The smallest absolute Gasteiger partial charge is 0.253 e. The van der Waals surface area contributed by atoms with E-state index in [-0.39, 0.29) is 5.91 Å². The molecule has 5 heteroatoms. The quantitative estimate of drug-likeness (QED) is 0.504. The maximum atomic E-state index is 12.0. The minimum atomic E-state index is -1.57. The van der Waals surface area contributed by atoms with Gasteiger partial charge in [-0.15, -0.1) is 0 Å². The summed E-state index contributed by atoms with van der Waals surface area (Å²) >= 11 is 0. The summed E-state index contributed by atoms with van der Waals surface area (Å²) < 4.78 is 10.5. The lowest BCUT2D eigenvalue weighted by atomic mass is 10.1. The van der Waals surface area contributed by atoms with Crippen molar-refractivity contribution >= 4 is 5.91 Å². The summed E-state index contributed by atoms with van der Waals surface area (Å²) in [5.41, 5.74) is 0. The van der Waals surface area contributed by atoms with Crippen LogP contribution in [0.3, 0.4) is 0 Å². The summed E-state index contributed by atoms with van der Waals surface area (Å²) in [5, 5.41) is 12.8. The summed E-state index contributed by atoms with van der Waals surface area (Å²) in [5.74, 6) is -1.84. The van der Waals surface area contributed by atoms with E-state index in [1.165, 1.54) is 20.0 Å². The third-order valence-corrected chi connectivity index (χ3v) is 3.75. The number of hydrogen-bond acceptors (Lipinski definition) is 4. The first-order valence-corrected chi connectivity index (χ1v) is 7.82. The van der Waals surface area contributed by atoms with Gasteiger partial charge in [-0.3, -0.25) is 4.79 Å². The molecule has 1 fully saturated rings. The van der Waals surface area contributed by atoms with Crippen LogP contribution in [0.25, 0.3) is 0 Å². The molecule has 2 N–H and O–H groups in total. The zero-order valence-electron chi connectivity index (χ0n) is 12.8. The van der Waals surface area contributed by atoms with Crippen molar-refractivity contribution in [2.24, 2.45) is 0 Å². The van der Waals surface area contributed by atoms with Crippen LogP contribution < -0.4 is 5.32 Å². The van der Waals surface area contributed by atoms with Crippen LogP contribution in [0.5, 0.6) is 0 Å². The van der Waals surface area contributed by atoms with Gasteiger partial charge in [0, 0.05) is 20.1 Å². The molecule has 118 valence electrons. The molecule has 0 saturated carbocycles. The highest BCUT2D eigenvalue weighted by molar-refractivity contribution is 5.81. The second-order valence-corrected chi connectivity index (χ2v) is 5.50. The van der Waals surface area contributed by atoms with Gasteiger partial charge in [-0.25, -0.2) is 0 Å². The number of methoxy groups -OCH3 is 1. The Morgan fingerprint density at radius 3 is 2.70 bits per heavy atom. The molecule has 0 aromatic carbocycles. The number of unbranched alkanes of at least 4 members (excludes halogenated alkanes) is 4. The fraction of sp³-hybridized carbons (Fsp3) is 0.933. The SMILES string of the molecule is CCCCCCCC(O)(NC(=O)C1CCCCO1)OC. The highest BCUT2D eigenvalue weighted by Gasteiger charge is 2.32. The monoisotopic (exact) mass is 287 g/mol. The third kappa shape index (κ3) is 6.20. The van der Waals surface area contributed by atoms with Crippen molar-refractivity contribution in [2.45, 2.75) is 76.7 Å². The van der Waals surface area contributed by atoms with E-state index in [0.717, 1.165) is 32.1 Å². The highest BCUT2D eigenvalue weighted by atomic mass is 16.6. The molecule has 0 spiro atoms. The normalized spacial score (nSPS) is 22.2. The number of rotatable bonds is 9. The van der Waals surface area contributed by atoms with Gasteiger partial charge in [0.25, 0.3) is 5.91 Å². The van der Waals surface area contributed by atoms with Crippen LogP contribution >= 0.6 is 0 Å². The van der Waals surface area contributed by atoms with E-state index in [0.29, 0.717) is 19.4 Å². The van der Waals surface area contributed by atoms with Gasteiger partial charge in [0.15, 0.2) is 0 Å². The van der Waals surface area contributed by atoms with Crippen LogP contribution in [0.1, 0.15) is 64.7 Å². The first-order chi connectivity index (χ1) is 9.61. The van der Waals surface area contributed by atoms with Crippen molar-refractivity contribution in [2.75, 3.05) is 13.7 Å². The molecular formula is C15H29NO4. The molecule has 1 aliphatic rings. The minimum absolute atomic E-state index is 0.275. The Kier molecular flexibility index (Phi) is 8.11. The Bertz CT molecular complexity index is 279. The molecule has 1 rings (SSSR count). The molecule has 0 aromatic heterocycles. The minimum Gasteiger partial charge on any atom is -0.368 e. The van der Waals surface area contributed by atoms with Crippen molar-refractivity contribution < 1.29 is 19.4 Å². The molecule has 0 radical (unpaired) electrons. The zero-order valence-corrected chi connectivity index (χ0v) is 12.8. The maximum Gasteiger partial charge on any atom is 0.253 e. The Hall–Kier alpha value is -0.650. The molecule has 2 atom stereocenters. The lowest BCUT2D eigenvalue weighted by Crippen LogP contribution is -2.54. The van der Waals surface area contributed by atoms with Crippen molar-refractivity contribution in [3.63, 3.8) is 0 Å². The first-order valence-electron chi connectivity index (χ1n) is 7.82. The largest absolute Gasteiger partial charge is 0.368 e. The number of hydrogen-bond donors (Lipinski definition) is 2. The molecule has 20 heavy (non-hydrogen) atoms. The van der Waals surface area contributed by atoms with Gasteiger partial charge in [0.05, 0.1) is 0 Å². The molecule has 1 amide bonds. The lowest BCUT2D eigenvalue weighted by molar-refractivity contribution is -0.216. The van der Waals surface area contributed by atoms with Crippen LogP contribution in [0, 0.1) is 0 Å². The van der Waals surface area contributed by atoms with Crippen molar-refractivity contribution in [3.05, 3.63) is 0 Å². The predicted octanol–water partition coefficient (Wildman–Crippen LogP) is 2.32. The summed E-state index contributed by atoms with van der Waals surface area (Å²) in [4.78, 5) is 12.0. The van der Waals surface area contributed by atoms with E-state index >= 15 is 0 Å². The van der Waals surface area contributed by atoms with E-state index in [1.807, 2.05) is 0 Å². The Morgan fingerprint density at radius 1 is 1.35 bits per heavy atom. The lowest BCUT2D eigenvalue weighted by Gasteiger charge is -2.30. The Morgan fingerprint density at radius 2 is 2.10 bits per heavy atom. The second-order valence-electron chi connectivity index (χ2n) is 5.50. The molecule has 0 aromatic rings. The Balaban J connectivity index is 2.32. The van der Waals surface area contributed by atoms with E-state index in [9.17, 15) is 9.90 Å². The average Bonchev–Trinajstić information content (AvgIpc) is 2.48. The van der Waals surface area contributed by atoms with Crippen LogP contribution in [-0.4, -0.2) is 36.7 Å². The molecular weight excluding hydrogens is 258 g/mol. The van der Waals surface area contributed by atoms with E-state index in [2.05, 4.69) is 12.2 Å². The number of carbonyl (C=O) groups excluding carboxylic acids is 1. The molecule has 1 saturated heterocycles. The van der Waals surface area contributed by atoms with Crippen LogP contribution in [0.2, 0.25) is 0 Å². The standard InChI is InChI=1S/C15H29NO4/c1-3-4-5-6-8-11-15(18,19-2)16-14(17)13-10-7-9-12-20-13/h13,18H,3-12H2,1-2H3,(H,16,17). The van der Waals surface area contributed by atoms with Crippen LogP contribution in [-0.2, 0) is 14.3 Å². The summed E-state index contributed by atoms with van der Waals surface area (Å²) in [6.45, 7) is 2.77. The summed E-state index contributed by atoms with van der Waals surface area (Å²) in [6, 6.07) is 0. The van der Waals surface area contributed by atoms with Gasteiger partial charge < -0.3 is 19.9 Å². The van der Waals surface area contributed by atoms with Gasteiger partial charge in [-0.05, 0) is 25.7 Å². The molecule has 0 bridgehead atoms.